The van der Waals surface area contributed by atoms with Crippen molar-refractivity contribution in [2.24, 2.45) is 5.92 Å². The fourth-order valence-electron chi connectivity index (χ4n) is 4.15. The summed E-state index contributed by atoms with van der Waals surface area (Å²) in [6.45, 7) is 9.86. The molecular formula is C31H39N3O4S. The van der Waals surface area contributed by atoms with Crippen LogP contribution in [0.25, 0.3) is 0 Å². The first-order valence-corrected chi connectivity index (χ1v) is 14.7. The predicted molar refractivity (Wildman–Crippen MR) is 156 cm³/mol. The van der Waals surface area contributed by atoms with E-state index in [0.29, 0.717) is 18.7 Å². The van der Waals surface area contributed by atoms with Gasteiger partial charge in [-0.3, -0.25) is 13.9 Å². The summed E-state index contributed by atoms with van der Waals surface area (Å²) in [6, 6.07) is 22.3. The molecule has 0 saturated heterocycles. The van der Waals surface area contributed by atoms with Crippen molar-refractivity contribution in [2.75, 3.05) is 23.9 Å². The first-order valence-electron chi connectivity index (χ1n) is 13.3. The summed E-state index contributed by atoms with van der Waals surface area (Å²) in [6.07, 6.45) is 0.531. The summed E-state index contributed by atoms with van der Waals surface area (Å²) in [5.74, 6) is -0.462. The van der Waals surface area contributed by atoms with Crippen LogP contribution in [0.5, 0.6) is 0 Å². The molecule has 1 unspecified atom stereocenters. The Morgan fingerprint density at radius 3 is 2.05 bits per heavy atom. The second-order valence-corrected chi connectivity index (χ2v) is 12.1. The van der Waals surface area contributed by atoms with E-state index >= 15 is 0 Å². The van der Waals surface area contributed by atoms with Crippen LogP contribution in [-0.2, 0) is 26.0 Å². The summed E-state index contributed by atoms with van der Waals surface area (Å²) in [4.78, 5) is 28.5. The number of aryl methyl sites for hydroxylation is 2. The van der Waals surface area contributed by atoms with Gasteiger partial charge in [-0.2, -0.15) is 0 Å². The number of carbonyl (C=O) groups is 2. The third-order valence-corrected chi connectivity index (χ3v) is 8.51. The molecule has 0 aliphatic heterocycles. The van der Waals surface area contributed by atoms with Gasteiger partial charge in [-0.1, -0.05) is 68.4 Å². The molecule has 7 nitrogen and oxygen atoms in total. The molecule has 0 bridgehead atoms. The Bertz CT molecular complexity index is 1360. The van der Waals surface area contributed by atoms with Crippen LogP contribution in [0.1, 0.15) is 37.5 Å². The Morgan fingerprint density at radius 2 is 1.46 bits per heavy atom. The molecule has 3 rings (SSSR count). The summed E-state index contributed by atoms with van der Waals surface area (Å²) >= 11 is 0. The largest absolute Gasteiger partial charge is 0.354 e. The Labute approximate surface area is 232 Å². The summed E-state index contributed by atoms with van der Waals surface area (Å²) < 4.78 is 28.8. The Hall–Kier alpha value is -3.65. The second kappa shape index (κ2) is 13.4. The maximum Gasteiger partial charge on any atom is 0.264 e. The minimum atomic E-state index is -4.06. The van der Waals surface area contributed by atoms with Gasteiger partial charge < -0.3 is 10.2 Å². The minimum Gasteiger partial charge on any atom is -0.354 e. The number of anilines is 1. The van der Waals surface area contributed by atoms with Crippen LogP contribution < -0.4 is 9.62 Å². The zero-order valence-electron chi connectivity index (χ0n) is 23.4. The minimum absolute atomic E-state index is 0.0922. The van der Waals surface area contributed by atoms with Gasteiger partial charge in [-0.15, -0.1) is 0 Å². The van der Waals surface area contributed by atoms with Gasteiger partial charge in [0.05, 0.1) is 10.6 Å². The van der Waals surface area contributed by atoms with E-state index in [-0.39, 0.29) is 23.3 Å². The van der Waals surface area contributed by atoms with E-state index in [1.807, 2.05) is 64.1 Å². The highest BCUT2D eigenvalue weighted by molar-refractivity contribution is 7.92. The maximum absolute atomic E-state index is 13.9. The molecule has 2 amide bonds. The number of rotatable bonds is 12. The third-order valence-electron chi connectivity index (χ3n) is 6.72. The van der Waals surface area contributed by atoms with E-state index in [4.69, 9.17) is 0 Å². The van der Waals surface area contributed by atoms with Crippen molar-refractivity contribution in [3.05, 3.63) is 95.6 Å². The van der Waals surface area contributed by atoms with E-state index in [9.17, 15) is 18.0 Å². The number of hydrogen-bond donors (Lipinski definition) is 1. The molecule has 0 radical (unpaired) electrons. The van der Waals surface area contributed by atoms with Gasteiger partial charge in [0.15, 0.2) is 0 Å². The molecule has 0 aliphatic rings. The molecule has 1 N–H and O–H groups in total. The highest BCUT2D eigenvalue weighted by atomic mass is 32.2. The summed E-state index contributed by atoms with van der Waals surface area (Å²) in [7, 11) is -4.06. The lowest BCUT2D eigenvalue weighted by molar-refractivity contribution is -0.138. The second-order valence-electron chi connectivity index (χ2n) is 10.2. The fraction of sp³-hybridized carbons (Fsp3) is 0.355. The van der Waals surface area contributed by atoms with Crippen LogP contribution in [0.3, 0.4) is 0 Å². The van der Waals surface area contributed by atoms with E-state index < -0.39 is 28.5 Å². The highest BCUT2D eigenvalue weighted by Crippen LogP contribution is 2.26. The number of sulfonamides is 1. The molecule has 3 aromatic rings. The van der Waals surface area contributed by atoms with Crippen molar-refractivity contribution < 1.29 is 18.0 Å². The highest BCUT2D eigenvalue weighted by Gasteiger charge is 2.32. The molecule has 1 atom stereocenters. The standard InChI is InChI=1S/C31H39N3O4S/c1-23(2)21-32-31(36)26(5)33(19-18-27-12-8-6-9-13-27)30(35)22-34(28-17-16-24(3)25(4)20-28)39(37,38)29-14-10-7-11-15-29/h6-17,20,23,26H,18-19,21-22H2,1-5H3,(H,32,36). The lowest BCUT2D eigenvalue weighted by Crippen LogP contribution is -2.52. The van der Waals surface area contributed by atoms with Gasteiger partial charge in [0.1, 0.15) is 12.6 Å². The number of nitrogens with one attached hydrogen (secondary N) is 1. The van der Waals surface area contributed by atoms with Crippen molar-refractivity contribution in [3.63, 3.8) is 0 Å². The van der Waals surface area contributed by atoms with Gasteiger partial charge in [-0.25, -0.2) is 8.42 Å². The van der Waals surface area contributed by atoms with E-state index in [2.05, 4.69) is 5.32 Å². The Morgan fingerprint density at radius 1 is 0.846 bits per heavy atom. The molecule has 8 heteroatoms. The normalized spacial score (nSPS) is 12.2. The first kappa shape index (κ1) is 29.9. The van der Waals surface area contributed by atoms with Crippen LogP contribution >= 0.6 is 0 Å². The van der Waals surface area contributed by atoms with Crippen molar-refractivity contribution in [1.29, 1.82) is 0 Å². The fourth-order valence-corrected chi connectivity index (χ4v) is 5.58. The Kier molecular flexibility index (Phi) is 10.3. The molecular weight excluding hydrogens is 510 g/mol. The van der Waals surface area contributed by atoms with Crippen molar-refractivity contribution in [3.8, 4) is 0 Å². The third kappa shape index (κ3) is 7.93. The number of nitrogens with zero attached hydrogens (tertiary/aromatic N) is 2. The van der Waals surface area contributed by atoms with Crippen molar-refractivity contribution in [1.82, 2.24) is 10.2 Å². The quantitative estimate of drug-likeness (QED) is 0.354. The van der Waals surface area contributed by atoms with Gasteiger partial charge >= 0.3 is 0 Å². The molecule has 0 spiro atoms. The lowest BCUT2D eigenvalue weighted by Gasteiger charge is -2.32. The molecule has 0 heterocycles. The van der Waals surface area contributed by atoms with E-state index in [1.54, 1.807) is 37.3 Å². The molecule has 3 aromatic carbocycles. The number of benzene rings is 3. The van der Waals surface area contributed by atoms with E-state index in [0.717, 1.165) is 21.0 Å². The zero-order chi connectivity index (χ0) is 28.6. The van der Waals surface area contributed by atoms with Crippen LogP contribution in [0.2, 0.25) is 0 Å². The molecule has 0 fully saturated rings. The molecule has 0 aliphatic carbocycles. The van der Waals surface area contributed by atoms with Crippen LogP contribution in [0.4, 0.5) is 5.69 Å². The first-order chi connectivity index (χ1) is 18.5. The van der Waals surface area contributed by atoms with Gasteiger partial charge in [0.25, 0.3) is 10.0 Å². The van der Waals surface area contributed by atoms with Gasteiger partial charge in [0.2, 0.25) is 11.8 Å². The van der Waals surface area contributed by atoms with Crippen LogP contribution in [0, 0.1) is 19.8 Å². The van der Waals surface area contributed by atoms with Crippen LogP contribution in [0.15, 0.2) is 83.8 Å². The smallest absolute Gasteiger partial charge is 0.264 e. The lowest BCUT2D eigenvalue weighted by atomic mass is 10.1. The van der Waals surface area contributed by atoms with Gasteiger partial charge in [0, 0.05) is 13.1 Å². The average Bonchev–Trinajstić information content (AvgIpc) is 2.92. The van der Waals surface area contributed by atoms with Crippen molar-refractivity contribution in [2.45, 2.75) is 52.0 Å². The topological polar surface area (TPSA) is 86.8 Å². The summed E-state index contributed by atoms with van der Waals surface area (Å²) in [5.41, 5.74) is 3.35. The molecule has 0 aromatic heterocycles. The van der Waals surface area contributed by atoms with Gasteiger partial charge in [-0.05, 0) is 74.1 Å². The van der Waals surface area contributed by atoms with E-state index in [1.165, 1.54) is 17.0 Å². The van der Waals surface area contributed by atoms with Crippen molar-refractivity contribution >= 4 is 27.5 Å². The molecule has 39 heavy (non-hydrogen) atoms. The number of hydrogen-bond acceptors (Lipinski definition) is 4. The monoisotopic (exact) mass is 549 g/mol. The average molecular weight is 550 g/mol. The zero-order valence-corrected chi connectivity index (χ0v) is 24.2. The maximum atomic E-state index is 13.9. The Balaban J connectivity index is 1.97. The number of amides is 2. The molecule has 0 saturated carbocycles. The number of carbonyl (C=O) groups excluding carboxylic acids is 2. The predicted octanol–water partition coefficient (Wildman–Crippen LogP) is 4.73. The SMILES string of the molecule is Cc1ccc(N(CC(=O)N(CCc2ccccc2)C(C)C(=O)NCC(C)C)S(=O)(=O)c2ccccc2)cc1C. The molecule has 208 valence electrons. The van der Waals surface area contributed by atoms with Crippen LogP contribution in [-0.4, -0.2) is 50.8 Å². The summed E-state index contributed by atoms with van der Waals surface area (Å²) in [5, 5.41) is 2.91.